The lowest BCUT2D eigenvalue weighted by molar-refractivity contribution is 0.345. The van der Waals surface area contributed by atoms with Gasteiger partial charge in [-0.05, 0) is 0 Å². The van der Waals surface area contributed by atoms with Crippen molar-refractivity contribution in [2.24, 2.45) is 0 Å². The maximum absolute atomic E-state index is 13.0. The monoisotopic (exact) mass is 174 g/mol. The van der Waals surface area contributed by atoms with Crippen LogP contribution in [0.2, 0.25) is 0 Å². The number of hydrogen-bond donors (Lipinski definition) is 0. The summed E-state index contributed by atoms with van der Waals surface area (Å²) in [4.78, 5) is 0. The van der Waals surface area contributed by atoms with E-state index in [1.807, 2.05) is 0 Å². The van der Waals surface area contributed by atoms with Gasteiger partial charge in [-0.25, -0.2) is 4.39 Å². The minimum Gasteiger partial charge on any atom is -0.493 e. The van der Waals surface area contributed by atoms with Crippen LogP contribution in [-0.2, 0) is 0 Å². The zero-order valence-electron chi connectivity index (χ0n) is 6.73. The van der Waals surface area contributed by atoms with Gasteiger partial charge in [0.05, 0.1) is 14.2 Å². The van der Waals surface area contributed by atoms with Crippen LogP contribution in [0.3, 0.4) is 0 Å². The Hall–Kier alpha value is -1.32. The van der Waals surface area contributed by atoms with Crippen LogP contribution in [-0.4, -0.2) is 14.2 Å². The van der Waals surface area contributed by atoms with E-state index in [4.69, 9.17) is 0 Å². The van der Waals surface area contributed by atoms with Gasteiger partial charge in [0.2, 0.25) is 5.82 Å². The van der Waals surface area contributed by atoms with E-state index in [-0.39, 0.29) is 11.5 Å². The fourth-order valence-electron chi connectivity index (χ4n) is 0.837. The standard InChI is InChI=1S/C8H8F2O2/c1-11-6-3-5(9)4-7(12-2)8(6)10/h3-4H,1-2H3. The maximum atomic E-state index is 13.0. The van der Waals surface area contributed by atoms with E-state index in [1.165, 1.54) is 14.2 Å². The maximum Gasteiger partial charge on any atom is 0.206 e. The highest BCUT2D eigenvalue weighted by molar-refractivity contribution is 5.36. The molecule has 2 nitrogen and oxygen atoms in total. The number of rotatable bonds is 2. The second-order valence-corrected chi connectivity index (χ2v) is 2.12. The molecule has 0 aliphatic heterocycles. The van der Waals surface area contributed by atoms with Gasteiger partial charge >= 0.3 is 0 Å². The van der Waals surface area contributed by atoms with E-state index < -0.39 is 11.6 Å². The van der Waals surface area contributed by atoms with Crippen molar-refractivity contribution in [3.05, 3.63) is 23.8 Å². The summed E-state index contributed by atoms with van der Waals surface area (Å²) in [5.41, 5.74) is 0. The molecule has 0 unspecified atom stereocenters. The lowest BCUT2D eigenvalue weighted by Gasteiger charge is -2.05. The largest absolute Gasteiger partial charge is 0.493 e. The summed E-state index contributed by atoms with van der Waals surface area (Å²) in [6.45, 7) is 0. The first-order valence-corrected chi connectivity index (χ1v) is 3.26. The molecule has 4 heteroatoms. The molecule has 0 bridgehead atoms. The van der Waals surface area contributed by atoms with Gasteiger partial charge in [-0.15, -0.1) is 0 Å². The molecule has 66 valence electrons. The van der Waals surface area contributed by atoms with E-state index in [0.29, 0.717) is 0 Å². The highest BCUT2D eigenvalue weighted by Crippen LogP contribution is 2.27. The van der Waals surface area contributed by atoms with E-state index in [2.05, 4.69) is 9.47 Å². The van der Waals surface area contributed by atoms with Crippen LogP contribution in [0.1, 0.15) is 0 Å². The fraction of sp³-hybridized carbons (Fsp3) is 0.250. The first-order valence-electron chi connectivity index (χ1n) is 3.26. The predicted octanol–water partition coefficient (Wildman–Crippen LogP) is 1.98. The molecule has 0 amide bonds. The van der Waals surface area contributed by atoms with E-state index in [9.17, 15) is 8.78 Å². The van der Waals surface area contributed by atoms with Gasteiger partial charge in [0.1, 0.15) is 5.82 Å². The molecule has 0 heterocycles. The molecule has 0 aliphatic carbocycles. The number of halogens is 2. The Bertz CT molecular complexity index is 261. The van der Waals surface area contributed by atoms with E-state index >= 15 is 0 Å². The summed E-state index contributed by atoms with van der Waals surface area (Å²) in [6.07, 6.45) is 0. The molecule has 12 heavy (non-hydrogen) atoms. The Kier molecular flexibility index (Phi) is 2.47. The van der Waals surface area contributed by atoms with Crippen molar-refractivity contribution in [3.8, 4) is 11.5 Å². The zero-order valence-corrected chi connectivity index (χ0v) is 6.73. The van der Waals surface area contributed by atoms with Gasteiger partial charge in [-0.1, -0.05) is 0 Å². The van der Waals surface area contributed by atoms with Crippen LogP contribution in [0.5, 0.6) is 11.5 Å². The Morgan fingerprint density at radius 3 is 1.75 bits per heavy atom. The van der Waals surface area contributed by atoms with Crippen molar-refractivity contribution < 1.29 is 18.3 Å². The Balaban J connectivity index is 3.22. The molecule has 1 rings (SSSR count). The lowest BCUT2D eigenvalue weighted by Crippen LogP contribution is -1.94. The van der Waals surface area contributed by atoms with Crippen molar-refractivity contribution >= 4 is 0 Å². The molecule has 0 saturated heterocycles. The molecule has 0 radical (unpaired) electrons. The highest BCUT2D eigenvalue weighted by atomic mass is 19.1. The summed E-state index contributed by atoms with van der Waals surface area (Å²) in [5.74, 6) is -1.61. The summed E-state index contributed by atoms with van der Waals surface area (Å²) in [6, 6.07) is 1.91. The van der Waals surface area contributed by atoms with Crippen molar-refractivity contribution in [2.75, 3.05) is 14.2 Å². The highest BCUT2D eigenvalue weighted by Gasteiger charge is 2.11. The summed E-state index contributed by atoms with van der Waals surface area (Å²) in [5, 5.41) is 0. The number of ether oxygens (including phenoxy) is 2. The van der Waals surface area contributed by atoms with Crippen molar-refractivity contribution in [2.45, 2.75) is 0 Å². The Labute approximate surface area is 68.7 Å². The normalized spacial score (nSPS) is 9.67. The molecular weight excluding hydrogens is 166 g/mol. The quantitative estimate of drug-likeness (QED) is 0.682. The second-order valence-electron chi connectivity index (χ2n) is 2.12. The van der Waals surface area contributed by atoms with Crippen LogP contribution in [0.4, 0.5) is 8.78 Å². The smallest absolute Gasteiger partial charge is 0.206 e. The van der Waals surface area contributed by atoms with Gasteiger partial charge in [-0.2, -0.15) is 4.39 Å². The molecule has 1 aromatic rings. The van der Waals surface area contributed by atoms with Gasteiger partial charge in [-0.3, -0.25) is 0 Å². The Morgan fingerprint density at radius 2 is 1.42 bits per heavy atom. The predicted molar refractivity (Wildman–Crippen MR) is 39.5 cm³/mol. The fourth-order valence-corrected chi connectivity index (χ4v) is 0.837. The molecule has 0 atom stereocenters. The van der Waals surface area contributed by atoms with E-state index in [0.717, 1.165) is 12.1 Å². The average Bonchev–Trinajstić information content (AvgIpc) is 2.08. The molecule has 0 fully saturated rings. The third-order valence-corrected chi connectivity index (χ3v) is 1.41. The van der Waals surface area contributed by atoms with Crippen LogP contribution in [0.25, 0.3) is 0 Å². The van der Waals surface area contributed by atoms with Crippen LogP contribution >= 0.6 is 0 Å². The van der Waals surface area contributed by atoms with Crippen LogP contribution < -0.4 is 9.47 Å². The zero-order chi connectivity index (χ0) is 9.14. The van der Waals surface area contributed by atoms with Crippen molar-refractivity contribution in [1.29, 1.82) is 0 Å². The van der Waals surface area contributed by atoms with Crippen molar-refractivity contribution in [1.82, 2.24) is 0 Å². The van der Waals surface area contributed by atoms with Gasteiger partial charge in [0.15, 0.2) is 11.5 Å². The van der Waals surface area contributed by atoms with Gasteiger partial charge in [0.25, 0.3) is 0 Å². The molecule has 0 aliphatic rings. The third-order valence-electron chi connectivity index (χ3n) is 1.41. The molecule has 0 aromatic heterocycles. The summed E-state index contributed by atoms with van der Waals surface area (Å²) in [7, 11) is 2.52. The summed E-state index contributed by atoms with van der Waals surface area (Å²) < 4.78 is 34.8. The van der Waals surface area contributed by atoms with Gasteiger partial charge < -0.3 is 9.47 Å². The Morgan fingerprint density at radius 1 is 1.00 bits per heavy atom. The third kappa shape index (κ3) is 1.47. The number of methoxy groups -OCH3 is 2. The first kappa shape index (κ1) is 8.77. The minimum absolute atomic E-state index is 0.160. The average molecular weight is 174 g/mol. The summed E-state index contributed by atoms with van der Waals surface area (Å²) >= 11 is 0. The van der Waals surface area contributed by atoms with Crippen LogP contribution in [0.15, 0.2) is 12.1 Å². The van der Waals surface area contributed by atoms with Gasteiger partial charge in [0, 0.05) is 12.1 Å². The SMILES string of the molecule is COc1cc(F)cc(OC)c1F. The lowest BCUT2D eigenvalue weighted by atomic mass is 10.3. The number of hydrogen-bond acceptors (Lipinski definition) is 2. The van der Waals surface area contributed by atoms with Crippen LogP contribution in [0, 0.1) is 11.6 Å². The van der Waals surface area contributed by atoms with Crippen molar-refractivity contribution in [3.63, 3.8) is 0 Å². The first-order chi connectivity index (χ1) is 5.69. The molecule has 0 saturated carbocycles. The number of benzene rings is 1. The topological polar surface area (TPSA) is 18.5 Å². The van der Waals surface area contributed by atoms with E-state index in [1.54, 1.807) is 0 Å². The minimum atomic E-state index is -0.693. The molecular formula is C8H8F2O2. The second kappa shape index (κ2) is 3.38. The molecule has 0 spiro atoms. The molecule has 1 aromatic carbocycles. The molecule has 0 N–H and O–H groups in total.